The molecule has 0 radical (unpaired) electrons. The monoisotopic (exact) mass is 146 g/mol. The summed E-state index contributed by atoms with van der Waals surface area (Å²) in [6.45, 7) is 2.24. The van der Waals surface area contributed by atoms with Gasteiger partial charge in [-0.25, -0.2) is 0 Å². The number of hydrogen-bond acceptors (Lipinski definition) is 0. The van der Waals surface area contributed by atoms with E-state index in [1.165, 1.54) is 12.8 Å². The first-order valence-corrected chi connectivity index (χ1v) is 4.37. The first-order valence-electron chi connectivity index (χ1n) is 4.37. The second kappa shape index (κ2) is 2.69. The number of fused-ring (bicyclic) bond motifs is 1. The van der Waals surface area contributed by atoms with Gasteiger partial charge in [-0.3, -0.25) is 0 Å². The molecule has 2 rings (SSSR count). The van der Waals surface area contributed by atoms with Gasteiger partial charge in [0.1, 0.15) is 0 Å². The fraction of sp³-hybridized carbons (Fsp3) is 0.455. The molecule has 2 unspecified atom stereocenters. The van der Waals surface area contributed by atoms with Crippen molar-refractivity contribution in [3.8, 4) is 0 Å². The zero-order chi connectivity index (χ0) is 7.68. The Labute approximate surface area is 68.3 Å². The van der Waals surface area contributed by atoms with Gasteiger partial charge in [0.2, 0.25) is 0 Å². The van der Waals surface area contributed by atoms with Crippen LogP contribution in [0.15, 0.2) is 36.0 Å². The van der Waals surface area contributed by atoms with Crippen LogP contribution < -0.4 is 0 Å². The summed E-state index contributed by atoms with van der Waals surface area (Å²) >= 11 is 0. The molecule has 0 heterocycles. The van der Waals surface area contributed by atoms with E-state index < -0.39 is 0 Å². The summed E-state index contributed by atoms with van der Waals surface area (Å²) in [5.41, 5.74) is 1.56. The summed E-state index contributed by atoms with van der Waals surface area (Å²) < 4.78 is 0. The summed E-state index contributed by atoms with van der Waals surface area (Å²) in [7, 11) is 0. The maximum Gasteiger partial charge on any atom is -0.0127 e. The molecule has 2 aliphatic rings. The average Bonchev–Trinajstić information content (AvgIpc) is 2.04. The molecule has 0 saturated heterocycles. The molecule has 0 nitrogen and oxygen atoms in total. The maximum absolute atomic E-state index is 2.38. The number of allylic oxidation sites excluding steroid dienone is 6. The first kappa shape index (κ1) is 6.90. The molecular formula is C11H14. The highest BCUT2D eigenvalue weighted by molar-refractivity contribution is 5.20. The molecule has 0 spiro atoms. The zero-order valence-electron chi connectivity index (χ0n) is 6.96. The van der Waals surface area contributed by atoms with Crippen LogP contribution in [0, 0.1) is 11.8 Å². The Morgan fingerprint density at radius 3 is 2.73 bits per heavy atom. The summed E-state index contributed by atoms with van der Waals surface area (Å²) in [6.07, 6.45) is 13.9. The predicted molar refractivity (Wildman–Crippen MR) is 48.3 cm³/mol. The molecule has 0 amide bonds. The van der Waals surface area contributed by atoms with Crippen LogP contribution in [0.25, 0.3) is 0 Å². The summed E-state index contributed by atoms with van der Waals surface area (Å²) in [4.78, 5) is 0. The lowest BCUT2D eigenvalue weighted by atomic mass is 9.78. The standard InChI is InChI=1S/C11H14/c1-9-6-7-10-4-2-3-5-11(10)8-9/h2-6,10-11H,7-8H2,1H3. The van der Waals surface area contributed by atoms with Gasteiger partial charge in [0.05, 0.1) is 0 Å². The molecule has 58 valence electrons. The number of rotatable bonds is 0. The lowest BCUT2D eigenvalue weighted by Crippen LogP contribution is -2.15. The van der Waals surface area contributed by atoms with E-state index in [4.69, 9.17) is 0 Å². The van der Waals surface area contributed by atoms with Gasteiger partial charge in [0, 0.05) is 0 Å². The molecule has 0 aliphatic heterocycles. The van der Waals surface area contributed by atoms with Crippen LogP contribution in [-0.2, 0) is 0 Å². The van der Waals surface area contributed by atoms with Crippen molar-refractivity contribution in [3.63, 3.8) is 0 Å². The molecule has 2 atom stereocenters. The summed E-state index contributed by atoms with van der Waals surface area (Å²) in [6, 6.07) is 0. The molecule has 0 bridgehead atoms. The Balaban J connectivity index is 2.18. The minimum Gasteiger partial charge on any atom is -0.0850 e. The van der Waals surface area contributed by atoms with Gasteiger partial charge >= 0.3 is 0 Å². The van der Waals surface area contributed by atoms with E-state index in [-0.39, 0.29) is 0 Å². The molecule has 0 N–H and O–H groups in total. The van der Waals surface area contributed by atoms with E-state index in [1.807, 2.05) is 0 Å². The minimum atomic E-state index is 0.795. The van der Waals surface area contributed by atoms with Crippen molar-refractivity contribution < 1.29 is 0 Å². The van der Waals surface area contributed by atoms with Gasteiger partial charge in [-0.15, -0.1) is 0 Å². The Morgan fingerprint density at radius 2 is 1.91 bits per heavy atom. The van der Waals surface area contributed by atoms with Crippen molar-refractivity contribution >= 4 is 0 Å². The Kier molecular flexibility index (Phi) is 1.69. The van der Waals surface area contributed by atoms with Crippen LogP contribution in [-0.4, -0.2) is 0 Å². The number of hydrogen-bond donors (Lipinski definition) is 0. The van der Waals surface area contributed by atoms with Crippen LogP contribution in [0.4, 0.5) is 0 Å². The molecular weight excluding hydrogens is 132 g/mol. The third-order valence-corrected chi connectivity index (χ3v) is 2.67. The smallest absolute Gasteiger partial charge is 0.0127 e. The topological polar surface area (TPSA) is 0 Å². The van der Waals surface area contributed by atoms with Crippen molar-refractivity contribution in [2.45, 2.75) is 19.8 Å². The zero-order valence-corrected chi connectivity index (χ0v) is 6.96. The van der Waals surface area contributed by atoms with Crippen LogP contribution in [0.5, 0.6) is 0 Å². The third-order valence-electron chi connectivity index (χ3n) is 2.67. The van der Waals surface area contributed by atoms with Crippen LogP contribution in [0.1, 0.15) is 19.8 Å². The van der Waals surface area contributed by atoms with Crippen molar-refractivity contribution in [2.75, 3.05) is 0 Å². The van der Waals surface area contributed by atoms with Crippen molar-refractivity contribution in [3.05, 3.63) is 36.0 Å². The van der Waals surface area contributed by atoms with Gasteiger partial charge in [0.25, 0.3) is 0 Å². The van der Waals surface area contributed by atoms with E-state index in [0.29, 0.717) is 0 Å². The van der Waals surface area contributed by atoms with Crippen molar-refractivity contribution in [1.29, 1.82) is 0 Å². The van der Waals surface area contributed by atoms with E-state index in [2.05, 4.69) is 37.3 Å². The first-order chi connectivity index (χ1) is 5.36. The predicted octanol–water partition coefficient (Wildman–Crippen LogP) is 3.08. The van der Waals surface area contributed by atoms with Gasteiger partial charge in [0.15, 0.2) is 0 Å². The second-order valence-electron chi connectivity index (χ2n) is 3.59. The highest BCUT2D eigenvalue weighted by Crippen LogP contribution is 2.33. The van der Waals surface area contributed by atoms with Crippen molar-refractivity contribution in [2.24, 2.45) is 11.8 Å². The van der Waals surface area contributed by atoms with Gasteiger partial charge in [-0.05, 0) is 31.6 Å². The van der Waals surface area contributed by atoms with E-state index >= 15 is 0 Å². The molecule has 2 aliphatic carbocycles. The van der Waals surface area contributed by atoms with Gasteiger partial charge in [-0.1, -0.05) is 36.0 Å². The van der Waals surface area contributed by atoms with Crippen LogP contribution in [0.3, 0.4) is 0 Å². The Bertz CT molecular complexity index is 230. The second-order valence-corrected chi connectivity index (χ2v) is 3.59. The molecule has 0 saturated carbocycles. The fourth-order valence-electron chi connectivity index (χ4n) is 1.96. The highest BCUT2D eigenvalue weighted by atomic mass is 14.3. The molecule has 11 heavy (non-hydrogen) atoms. The van der Waals surface area contributed by atoms with Gasteiger partial charge in [-0.2, -0.15) is 0 Å². The normalized spacial score (nSPS) is 34.8. The van der Waals surface area contributed by atoms with Crippen LogP contribution in [0.2, 0.25) is 0 Å². The SMILES string of the molecule is CC1=CCC2C=CC=CC2C1. The summed E-state index contributed by atoms with van der Waals surface area (Å²) in [5, 5.41) is 0. The Morgan fingerprint density at radius 1 is 1.18 bits per heavy atom. The molecule has 0 fully saturated rings. The molecule has 0 heteroatoms. The average molecular weight is 146 g/mol. The molecule has 0 aromatic carbocycles. The summed E-state index contributed by atoms with van der Waals surface area (Å²) in [5.74, 6) is 1.59. The largest absolute Gasteiger partial charge is 0.0850 e. The van der Waals surface area contributed by atoms with Gasteiger partial charge < -0.3 is 0 Å². The lowest BCUT2D eigenvalue weighted by molar-refractivity contribution is 0.447. The van der Waals surface area contributed by atoms with E-state index in [1.54, 1.807) is 5.57 Å². The van der Waals surface area contributed by atoms with E-state index in [0.717, 1.165) is 11.8 Å². The lowest BCUT2D eigenvalue weighted by Gasteiger charge is -2.27. The quantitative estimate of drug-likeness (QED) is 0.461. The van der Waals surface area contributed by atoms with E-state index in [9.17, 15) is 0 Å². The highest BCUT2D eigenvalue weighted by Gasteiger charge is 2.20. The minimum absolute atomic E-state index is 0.795. The molecule has 0 aromatic rings. The maximum atomic E-state index is 2.38. The fourth-order valence-corrected chi connectivity index (χ4v) is 1.96. The third kappa shape index (κ3) is 1.30. The van der Waals surface area contributed by atoms with Crippen LogP contribution >= 0.6 is 0 Å². The molecule has 0 aromatic heterocycles. The van der Waals surface area contributed by atoms with Crippen molar-refractivity contribution in [1.82, 2.24) is 0 Å². The Hall–Kier alpha value is -0.780.